The van der Waals surface area contributed by atoms with Gasteiger partial charge in [-0.2, -0.15) is 0 Å². The first-order valence-corrected chi connectivity index (χ1v) is 5.37. The van der Waals surface area contributed by atoms with Crippen molar-refractivity contribution in [2.24, 2.45) is 17.8 Å². The monoisotopic (exact) mass is 198 g/mol. The van der Waals surface area contributed by atoms with Crippen molar-refractivity contribution >= 4 is 12.2 Å². The second-order valence-corrected chi connectivity index (χ2v) is 3.95. The van der Waals surface area contributed by atoms with E-state index in [4.69, 9.17) is 5.41 Å². The zero-order valence-corrected chi connectivity index (χ0v) is 9.63. The van der Waals surface area contributed by atoms with Crippen molar-refractivity contribution in [3.63, 3.8) is 0 Å². The Bertz CT molecular complexity index is 182. The summed E-state index contributed by atoms with van der Waals surface area (Å²) in [5.41, 5.74) is 0. The van der Waals surface area contributed by atoms with Crippen LogP contribution in [0.4, 0.5) is 0 Å². The van der Waals surface area contributed by atoms with Crippen LogP contribution in [-0.4, -0.2) is 12.2 Å². The first-order chi connectivity index (χ1) is 6.58. The average Bonchev–Trinajstić information content (AvgIpc) is 2.17. The Morgan fingerprint density at radius 3 is 2.00 bits per heavy atom. The molecule has 2 unspecified atom stereocenters. The third-order valence-corrected chi connectivity index (χ3v) is 3.03. The number of rotatable bonds is 6. The maximum absolute atomic E-state index is 11.7. The lowest BCUT2D eigenvalue weighted by molar-refractivity contribution is -0.126. The van der Waals surface area contributed by atoms with Gasteiger partial charge in [0.25, 0.3) is 0 Å². The molecule has 3 nitrogen and oxygen atoms in total. The molecule has 0 rings (SSSR count). The molecule has 0 aliphatic heterocycles. The highest BCUT2D eigenvalue weighted by Crippen LogP contribution is 2.25. The van der Waals surface area contributed by atoms with Gasteiger partial charge in [-0.1, -0.05) is 40.5 Å². The molecule has 0 spiro atoms. The molecule has 3 heteroatoms. The molecule has 1 amide bonds. The van der Waals surface area contributed by atoms with Crippen molar-refractivity contribution in [2.45, 2.75) is 40.5 Å². The summed E-state index contributed by atoms with van der Waals surface area (Å²) in [6.45, 7) is 8.39. The van der Waals surface area contributed by atoms with Gasteiger partial charge in [0.2, 0.25) is 5.91 Å². The van der Waals surface area contributed by atoms with E-state index in [2.05, 4.69) is 33.0 Å². The minimum Gasteiger partial charge on any atom is -0.317 e. The topological polar surface area (TPSA) is 53.0 Å². The molecule has 0 heterocycles. The van der Waals surface area contributed by atoms with Crippen LogP contribution in [0.3, 0.4) is 0 Å². The van der Waals surface area contributed by atoms with E-state index < -0.39 is 0 Å². The predicted molar refractivity (Wildman–Crippen MR) is 59.3 cm³/mol. The standard InChI is InChI=1S/C11H22N2O/c1-5-8(3)10(9(4)6-2)11(14)13-7-12/h7-10H,5-6H2,1-4H3,(H2,12,13,14). The SMILES string of the molecule is CCC(C)C(C(=O)NC=N)C(C)CC. The fourth-order valence-corrected chi connectivity index (χ4v) is 1.75. The van der Waals surface area contributed by atoms with E-state index >= 15 is 0 Å². The van der Waals surface area contributed by atoms with Crippen LogP contribution in [0, 0.1) is 23.2 Å². The Morgan fingerprint density at radius 1 is 1.29 bits per heavy atom. The van der Waals surface area contributed by atoms with E-state index in [0.717, 1.165) is 19.2 Å². The third-order valence-electron chi connectivity index (χ3n) is 3.03. The molecule has 2 atom stereocenters. The number of nitrogens with one attached hydrogen (secondary N) is 2. The highest BCUT2D eigenvalue weighted by atomic mass is 16.1. The molecule has 0 aromatic rings. The van der Waals surface area contributed by atoms with Crippen LogP contribution in [0.15, 0.2) is 0 Å². The van der Waals surface area contributed by atoms with Gasteiger partial charge in [0, 0.05) is 5.92 Å². The van der Waals surface area contributed by atoms with Crippen molar-refractivity contribution < 1.29 is 4.79 Å². The smallest absolute Gasteiger partial charge is 0.228 e. The highest BCUT2D eigenvalue weighted by molar-refractivity contribution is 5.88. The van der Waals surface area contributed by atoms with Gasteiger partial charge in [-0.15, -0.1) is 0 Å². The van der Waals surface area contributed by atoms with Gasteiger partial charge in [0.1, 0.15) is 0 Å². The minimum atomic E-state index is -0.0105. The molecule has 14 heavy (non-hydrogen) atoms. The fourth-order valence-electron chi connectivity index (χ4n) is 1.75. The second-order valence-electron chi connectivity index (χ2n) is 3.95. The number of amides is 1. The number of hydrogen-bond acceptors (Lipinski definition) is 2. The van der Waals surface area contributed by atoms with Gasteiger partial charge in [0.05, 0.1) is 6.34 Å². The van der Waals surface area contributed by atoms with Crippen LogP contribution in [0.5, 0.6) is 0 Å². The summed E-state index contributed by atoms with van der Waals surface area (Å²) in [5, 5.41) is 9.34. The molecular weight excluding hydrogens is 176 g/mol. The van der Waals surface area contributed by atoms with Gasteiger partial charge >= 0.3 is 0 Å². The molecule has 0 aliphatic carbocycles. The first-order valence-electron chi connectivity index (χ1n) is 5.37. The molecule has 0 aliphatic rings. The van der Waals surface area contributed by atoms with Crippen molar-refractivity contribution in [1.29, 1.82) is 5.41 Å². The Hall–Kier alpha value is -0.860. The Morgan fingerprint density at radius 2 is 1.71 bits per heavy atom. The molecule has 0 saturated heterocycles. The first kappa shape index (κ1) is 13.1. The van der Waals surface area contributed by atoms with Crippen LogP contribution in [0.25, 0.3) is 0 Å². The molecular formula is C11H22N2O. The lowest BCUT2D eigenvalue weighted by Crippen LogP contribution is -2.36. The molecule has 2 N–H and O–H groups in total. The van der Waals surface area contributed by atoms with Crippen LogP contribution in [0.2, 0.25) is 0 Å². The lowest BCUT2D eigenvalue weighted by atomic mass is 9.80. The summed E-state index contributed by atoms with van der Waals surface area (Å²) in [6.07, 6.45) is 2.97. The van der Waals surface area contributed by atoms with E-state index in [0.29, 0.717) is 11.8 Å². The van der Waals surface area contributed by atoms with Crippen molar-refractivity contribution in [3.05, 3.63) is 0 Å². The molecule has 0 saturated carbocycles. The Balaban J connectivity index is 4.53. The van der Waals surface area contributed by atoms with Crippen LogP contribution >= 0.6 is 0 Å². The molecule has 0 aromatic carbocycles. The highest BCUT2D eigenvalue weighted by Gasteiger charge is 2.27. The van der Waals surface area contributed by atoms with Gasteiger partial charge < -0.3 is 5.32 Å². The maximum atomic E-state index is 11.7. The molecule has 0 aromatic heterocycles. The van der Waals surface area contributed by atoms with Gasteiger partial charge in [-0.3, -0.25) is 10.2 Å². The number of carbonyl (C=O) groups is 1. The normalized spacial score (nSPS) is 16.9. The maximum Gasteiger partial charge on any atom is 0.228 e. The van der Waals surface area contributed by atoms with Gasteiger partial charge in [-0.25, -0.2) is 0 Å². The summed E-state index contributed by atoms with van der Waals surface area (Å²) in [5.74, 6) is 0.782. The van der Waals surface area contributed by atoms with Crippen LogP contribution in [-0.2, 0) is 4.79 Å². The number of carbonyl (C=O) groups excluding carboxylic acids is 1. The lowest BCUT2D eigenvalue weighted by Gasteiger charge is -2.26. The third kappa shape index (κ3) is 3.48. The van der Waals surface area contributed by atoms with Gasteiger partial charge in [-0.05, 0) is 11.8 Å². The van der Waals surface area contributed by atoms with Crippen molar-refractivity contribution in [2.75, 3.05) is 0 Å². The summed E-state index contributed by atoms with van der Waals surface area (Å²) >= 11 is 0. The largest absolute Gasteiger partial charge is 0.317 e. The number of hydrogen-bond donors (Lipinski definition) is 2. The Kier molecular flexibility index (Phi) is 6.17. The van der Waals surface area contributed by atoms with Gasteiger partial charge in [0.15, 0.2) is 0 Å². The zero-order valence-electron chi connectivity index (χ0n) is 9.63. The molecule has 0 radical (unpaired) electrons. The van der Waals surface area contributed by atoms with Crippen molar-refractivity contribution in [1.82, 2.24) is 5.32 Å². The summed E-state index contributed by atoms with van der Waals surface area (Å²) in [6, 6.07) is 0. The van der Waals surface area contributed by atoms with E-state index in [1.54, 1.807) is 0 Å². The van der Waals surface area contributed by atoms with Crippen molar-refractivity contribution in [3.8, 4) is 0 Å². The predicted octanol–water partition coefficient (Wildman–Crippen LogP) is 2.42. The minimum absolute atomic E-state index is 0.0105. The molecule has 82 valence electrons. The Labute approximate surface area is 86.8 Å². The summed E-state index contributed by atoms with van der Waals surface area (Å²) < 4.78 is 0. The molecule has 0 bridgehead atoms. The summed E-state index contributed by atoms with van der Waals surface area (Å²) in [4.78, 5) is 11.7. The quantitative estimate of drug-likeness (QED) is 0.500. The average molecular weight is 198 g/mol. The van der Waals surface area contributed by atoms with E-state index in [1.807, 2.05) is 0 Å². The van der Waals surface area contributed by atoms with E-state index in [9.17, 15) is 4.79 Å². The second kappa shape index (κ2) is 6.57. The van der Waals surface area contributed by atoms with Crippen LogP contribution < -0.4 is 5.32 Å². The summed E-state index contributed by atoms with van der Waals surface area (Å²) in [7, 11) is 0. The van der Waals surface area contributed by atoms with Crippen LogP contribution in [0.1, 0.15) is 40.5 Å². The van der Waals surface area contributed by atoms with E-state index in [-0.39, 0.29) is 11.8 Å². The fraction of sp³-hybridized carbons (Fsp3) is 0.818. The molecule has 0 fully saturated rings. The van der Waals surface area contributed by atoms with E-state index in [1.165, 1.54) is 0 Å². The zero-order chi connectivity index (χ0) is 11.1.